The number of anilines is 1. The van der Waals surface area contributed by atoms with E-state index >= 15 is 0 Å². The van der Waals surface area contributed by atoms with Crippen molar-refractivity contribution in [3.05, 3.63) is 34.4 Å². The molecule has 2 N–H and O–H groups in total. The zero-order valence-corrected chi connectivity index (χ0v) is 11.1. The number of nitrogens with two attached hydrogens (primary N) is 1. The molecule has 0 spiro atoms. The van der Waals surface area contributed by atoms with Crippen molar-refractivity contribution in [3.8, 4) is 11.3 Å². The highest BCUT2D eigenvalue weighted by Crippen LogP contribution is 2.33. The van der Waals surface area contributed by atoms with E-state index in [0.29, 0.717) is 21.4 Å². The summed E-state index contributed by atoms with van der Waals surface area (Å²) in [5, 5.41) is 5.64. The Bertz CT molecular complexity index is 547. The highest BCUT2D eigenvalue weighted by molar-refractivity contribution is 6.35. The average molecular weight is 270 g/mol. The van der Waals surface area contributed by atoms with Crippen molar-refractivity contribution in [1.29, 1.82) is 0 Å². The third-order valence-electron chi connectivity index (χ3n) is 2.47. The minimum Gasteiger partial charge on any atom is -0.396 e. The van der Waals surface area contributed by atoms with Crippen LogP contribution in [-0.4, -0.2) is 9.78 Å². The maximum atomic E-state index is 6.13. The van der Waals surface area contributed by atoms with Gasteiger partial charge in [0.25, 0.3) is 0 Å². The molecular weight excluding hydrogens is 257 g/mol. The molecule has 3 nitrogen and oxygen atoms in total. The molecule has 0 aliphatic rings. The number of nitrogens with zero attached hydrogens (tertiary/aromatic N) is 2. The van der Waals surface area contributed by atoms with Gasteiger partial charge < -0.3 is 5.73 Å². The minimum absolute atomic E-state index is 0.254. The lowest BCUT2D eigenvalue weighted by molar-refractivity contribution is 0.534. The summed E-state index contributed by atoms with van der Waals surface area (Å²) in [6, 6.07) is 5.51. The van der Waals surface area contributed by atoms with Crippen LogP contribution in [0.5, 0.6) is 0 Å². The molecule has 90 valence electrons. The Morgan fingerprint density at radius 1 is 1.29 bits per heavy atom. The van der Waals surface area contributed by atoms with E-state index in [9.17, 15) is 0 Å². The second kappa shape index (κ2) is 4.59. The Morgan fingerprint density at radius 2 is 2.00 bits per heavy atom. The summed E-state index contributed by atoms with van der Waals surface area (Å²) >= 11 is 12.1. The van der Waals surface area contributed by atoms with Crippen LogP contribution in [0.1, 0.15) is 19.9 Å². The summed E-state index contributed by atoms with van der Waals surface area (Å²) in [7, 11) is 0. The van der Waals surface area contributed by atoms with Gasteiger partial charge in [-0.3, -0.25) is 4.68 Å². The number of benzene rings is 1. The van der Waals surface area contributed by atoms with Crippen LogP contribution in [0.25, 0.3) is 11.3 Å². The van der Waals surface area contributed by atoms with Gasteiger partial charge in [-0.05, 0) is 32.0 Å². The minimum atomic E-state index is 0.254. The van der Waals surface area contributed by atoms with Gasteiger partial charge in [-0.25, -0.2) is 0 Å². The van der Waals surface area contributed by atoms with Crippen LogP contribution in [0.2, 0.25) is 10.0 Å². The fourth-order valence-corrected chi connectivity index (χ4v) is 1.94. The molecule has 0 unspecified atom stereocenters. The molecule has 0 saturated heterocycles. The zero-order valence-electron chi connectivity index (χ0n) is 9.61. The molecule has 2 rings (SSSR count). The maximum Gasteiger partial charge on any atom is 0.117 e. The first-order valence-corrected chi connectivity index (χ1v) is 6.04. The summed E-state index contributed by atoms with van der Waals surface area (Å²) in [6.45, 7) is 4.07. The summed E-state index contributed by atoms with van der Waals surface area (Å²) in [4.78, 5) is 0. The van der Waals surface area contributed by atoms with Crippen LogP contribution in [0.15, 0.2) is 24.4 Å². The highest BCUT2D eigenvalue weighted by atomic mass is 35.5. The topological polar surface area (TPSA) is 43.8 Å². The van der Waals surface area contributed by atoms with E-state index in [0.717, 1.165) is 5.56 Å². The molecule has 1 heterocycles. The van der Waals surface area contributed by atoms with Crippen LogP contribution < -0.4 is 5.73 Å². The first kappa shape index (κ1) is 12.3. The third-order valence-corrected chi connectivity index (χ3v) is 3.04. The molecule has 0 radical (unpaired) electrons. The van der Waals surface area contributed by atoms with Gasteiger partial charge >= 0.3 is 0 Å². The number of hydrogen-bond acceptors (Lipinski definition) is 2. The van der Waals surface area contributed by atoms with Gasteiger partial charge in [0.2, 0.25) is 0 Å². The first-order valence-electron chi connectivity index (χ1n) is 5.29. The molecule has 1 aromatic carbocycles. The molecule has 0 saturated carbocycles. The van der Waals surface area contributed by atoms with Gasteiger partial charge in [-0.15, -0.1) is 0 Å². The second-order valence-electron chi connectivity index (χ2n) is 4.13. The van der Waals surface area contributed by atoms with Crippen LogP contribution >= 0.6 is 23.2 Å². The number of nitrogen functional groups attached to an aromatic ring is 1. The van der Waals surface area contributed by atoms with E-state index in [4.69, 9.17) is 28.9 Å². The van der Waals surface area contributed by atoms with Crippen LogP contribution in [0, 0.1) is 0 Å². The van der Waals surface area contributed by atoms with Gasteiger partial charge in [0.05, 0.1) is 10.7 Å². The average Bonchev–Trinajstić information content (AvgIpc) is 2.64. The Morgan fingerprint density at radius 3 is 2.59 bits per heavy atom. The Balaban J connectivity index is 2.56. The Hall–Kier alpha value is -1.19. The molecular formula is C12H13Cl2N3. The molecule has 2 aromatic rings. The second-order valence-corrected chi connectivity index (χ2v) is 4.97. The Kier molecular flexibility index (Phi) is 3.31. The lowest BCUT2D eigenvalue weighted by atomic mass is 10.1. The van der Waals surface area contributed by atoms with Crippen molar-refractivity contribution >= 4 is 28.9 Å². The van der Waals surface area contributed by atoms with Crippen molar-refractivity contribution in [2.75, 3.05) is 5.73 Å². The largest absolute Gasteiger partial charge is 0.396 e. The number of halogens is 2. The summed E-state index contributed by atoms with van der Waals surface area (Å²) < 4.78 is 1.81. The molecule has 0 fully saturated rings. The van der Waals surface area contributed by atoms with Crippen LogP contribution in [-0.2, 0) is 0 Å². The quantitative estimate of drug-likeness (QED) is 0.895. The van der Waals surface area contributed by atoms with E-state index in [2.05, 4.69) is 5.10 Å². The molecule has 17 heavy (non-hydrogen) atoms. The van der Waals surface area contributed by atoms with E-state index in [1.165, 1.54) is 0 Å². The van der Waals surface area contributed by atoms with Gasteiger partial charge in [-0.1, -0.05) is 23.2 Å². The van der Waals surface area contributed by atoms with E-state index in [-0.39, 0.29) is 6.04 Å². The van der Waals surface area contributed by atoms with Crippen molar-refractivity contribution < 1.29 is 0 Å². The van der Waals surface area contributed by atoms with Gasteiger partial charge in [-0.2, -0.15) is 5.10 Å². The molecule has 1 aromatic heterocycles. The number of aromatic nitrogens is 2. The SMILES string of the molecule is CC(C)n1cc(N)c(-c2cc(Cl)ccc2Cl)n1. The highest BCUT2D eigenvalue weighted by Gasteiger charge is 2.13. The van der Waals surface area contributed by atoms with Gasteiger partial charge in [0.1, 0.15) is 5.69 Å². The smallest absolute Gasteiger partial charge is 0.117 e. The third kappa shape index (κ3) is 2.40. The standard InChI is InChI=1S/C12H13Cl2N3/c1-7(2)17-6-11(15)12(16-17)9-5-8(13)3-4-10(9)14/h3-7H,15H2,1-2H3. The lowest BCUT2D eigenvalue weighted by Gasteiger charge is -2.04. The molecule has 0 bridgehead atoms. The molecule has 0 aliphatic heterocycles. The van der Waals surface area contributed by atoms with Crippen LogP contribution in [0.4, 0.5) is 5.69 Å². The van der Waals surface area contributed by atoms with E-state index in [1.54, 1.807) is 24.4 Å². The predicted molar refractivity (Wildman–Crippen MR) is 72.5 cm³/mol. The van der Waals surface area contributed by atoms with Crippen LogP contribution in [0.3, 0.4) is 0 Å². The monoisotopic (exact) mass is 269 g/mol. The predicted octanol–water partition coefficient (Wildman–Crippen LogP) is 4.02. The summed E-state index contributed by atoms with van der Waals surface area (Å²) in [6.07, 6.45) is 1.80. The zero-order chi connectivity index (χ0) is 12.6. The molecule has 5 heteroatoms. The van der Waals surface area contributed by atoms with Crippen molar-refractivity contribution in [1.82, 2.24) is 9.78 Å². The summed E-state index contributed by atoms with van der Waals surface area (Å²) in [5.74, 6) is 0. The fraction of sp³-hybridized carbons (Fsp3) is 0.250. The maximum absolute atomic E-state index is 6.13. The van der Waals surface area contributed by atoms with E-state index in [1.807, 2.05) is 18.5 Å². The Labute approximate surface area is 110 Å². The van der Waals surface area contributed by atoms with Crippen molar-refractivity contribution in [2.45, 2.75) is 19.9 Å². The number of hydrogen-bond donors (Lipinski definition) is 1. The van der Waals surface area contributed by atoms with Crippen molar-refractivity contribution in [3.63, 3.8) is 0 Å². The molecule has 0 aliphatic carbocycles. The molecule has 0 amide bonds. The molecule has 0 atom stereocenters. The first-order chi connectivity index (χ1) is 7.99. The number of rotatable bonds is 2. The fourth-order valence-electron chi connectivity index (χ4n) is 1.56. The summed E-state index contributed by atoms with van der Waals surface area (Å²) in [5.41, 5.74) is 7.98. The normalized spacial score (nSPS) is 11.1. The van der Waals surface area contributed by atoms with Crippen molar-refractivity contribution in [2.24, 2.45) is 0 Å². The van der Waals surface area contributed by atoms with Gasteiger partial charge in [0.15, 0.2) is 0 Å². The van der Waals surface area contributed by atoms with Gasteiger partial charge in [0, 0.05) is 22.8 Å². The lowest BCUT2D eigenvalue weighted by Crippen LogP contribution is -2.00. The van der Waals surface area contributed by atoms with E-state index < -0.39 is 0 Å².